The summed E-state index contributed by atoms with van der Waals surface area (Å²) in [4.78, 5) is 19.3. The molecule has 1 aliphatic rings. The van der Waals surface area contributed by atoms with E-state index in [0.29, 0.717) is 12.2 Å². The van der Waals surface area contributed by atoms with Crippen molar-refractivity contribution >= 4 is 52.3 Å². The highest BCUT2D eigenvalue weighted by atomic mass is 35.5. The van der Waals surface area contributed by atoms with Crippen LogP contribution in [0.1, 0.15) is 39.7 Å². The maximum atomic E-state index is 12.9. The Morgan fingerprint density at radius 2 is 2.08 bits per heavy atom. The number of carbonyl (C=O) groups excluding carboxylic acids is 1. The molecule has 9 heteroatoms. The Bertz CT molecular complexity index is 877. The molecule has 0 spiro atoms. The molecule has 1 amide bonds. The molecule has 0 saturated heterocycles. The second kappa shape index (κ2) is 8.35. The number of halogens is 2. The highest BCUT2D eigenvalue weighted by Crippen LogP contribution is 2.30. The van der Waals surface area contributed by atoms with Crippen LogP contribution in [-0.2, 0) is 13.0 Å². The fourth-order valence-corrected chi connectivity index (χ4v) is 4.04. The van der Waals surface area contributed by atoms with Gasteiger partial charge in [0.25, 0.3) is 5.91 Å². The lowest BCUT2D eigenvalue weighted by Gasteiger charge is -2.23. The smallest absolute Gasteiger partial charge is 0.275 e. The Balaban J connectivity index is 0.00000121. The summed E-state index contributed by atoms with van der Waals surface area (Å²) in [5.74, 6) is -0.0667. The quantitative estimate of drug-likeness (QED) is 0.690. The molecule has 6 nitrogen and oxygen atoms in total. The van der Waals surface area contributed by atoms with E-state index in [1.807, 2.05) is 32.2 Å². The predicted octanol–water partition coefficient (Wildman–Crippen LogP) is 3.34. The zero-order chi connectivity index (χ0) is 16.7. The van der Waals surface area contributed by atoms with Gasteiger partial charge in [0.1, 0.15) is 5.01 Å². The number of fused-ring (bicyclic) bond motifs is 2. The topological polar surface area (TPSA) is 73.9 Å². The van der Waals surface area contributed by atoms with Crippen LogP contribution in [0.2, 0.25) is 0 Å². The number of aromatic amines is 1. The molecule has 140 valence electrons. The van der Waals surface area contributed by atoms with E-state index in [1.54, 1.807) is 16.2 Å². The minimum Gasteiger partial charge on any atom is -0.331 e. The molecule has 0 fully saturated rings. The number of aromatic nitrogens is 3. The van der Waals surface area contributed by atoms with Gasteiger partial charge in [-0.25, -0.2) is 4.98 Å². The number of amides is 1. The monoisotopic (exact) mass is 413 g/mol. The molecule has 2 aromatic heterocycles. The Kier molecular flexibility index (Phi) is 6.63. The lowest BCUT2D eigenvalue weighted by Crippen LogP contribution is -2.32. The Morgan fingerprint density at radius 1 is 1.31 bits per heavy atom. The van der Waals surface area contributed by atoms with Crippen molar-refractivity contribution in [2.75, 3.05) is 13.6 Å². The van der Waals surface area contributed by atoms with E-state index >= 15 is 0 Å². The van der Waals surface area contributed by atoms with Crippen LogP contribution in [0.3, 0.4) is 0 Å². The Morgan fingerprint density at radius 3 is 2.85 bits per heavy atom. The van der Waals surface area contributed by atoms with E-state index < -0.39 is 0 Å². The van der Waals surface area contributed by atoms with Crippen molar-refractivity contribution in [3.63, 3.8) is 0 Å². The standard InChI is InChI=1S/C17H19N5OS.2ClH/c1-10(16-19-13-5-3-4-6-14(13)24-16)22(2)17(23)15-11-9-18-8-7-12(11)20-21-15;;/h3-6,10,18H,7-9H2,1-2H3,(H,20,21);2*1H. The summed E-state index contributed by atoms with van der Waals surface area (Å²) in [5.41, 5.74) is 3.56. The molecule has 0 saturated carbocycles. The SMILES string of the molecule is CC(c1nc2ccccc2s1)N(C)C(=O)c1n[nH]c2c1CNCC2.Cl.Cl. The molecular weight excluding hydrogens is 393 g/mol. The van der Waals surface area contributed by atoms with Crippen molar-refractivity contribution in [2.45, 2.75) is 25.9 Å². The van der Waals surface area contributed by atoms with Crippen LogP contribution >= 0.6 is 36.2 Å². The van der Waals surface area contributed by atoms with Crippen molar-refractivity contribution in [1.29, 1.82) is 0 Å². The third kappa shape index (κ3) is 3.57. The first kappa shape index (κ1) is 20.6. The zero-order valence-corrected chi connectivity index (χ0v) is 16.9. The van der Waals surface area contributed by atoms with Crippen LogP contribution in [0, 0.1) is 0 Å². The molecular formula is C17H21Cl2N5OS. The average molecular weight is 414 g/mol. The van der Waals surface area contributed by atoms with Crippen molar-refractivity contribution in [3.8, 4) is 0 Å². The second-order valence-electron chi connectivity index (χ2n) is 6.07. The molecule has 4 rings (SSSR count). The number of para-hydroxylation sites is 1. The number of thiazole rings is 1. The molecule has 1 aromatic carbocycles. The number of hydrogen-bond acceptors (Lipinski definition) is 5. The minimum absolute atomic E-state index is 0. The van der Waals surface area contributed by atoms with Gasteiger partial charge in [-0.2, -0.15) is 5.10 Å². The maximum absolute atomic E-state index is 12.9. The van der Waals surface area contributed by atoms with Crippen molar-refractivity contribution < 1.29 is 4.79 Å². The predicted molar refractivity (Wildman–Crippen MR) is 109 cm³/mol. The number of benzene rings is 1. The second-order valence-corrected chi connectivity index (χ2v) is 7.13. The van der Waals surface area contributed by atoms with E-state index in [-0.39, 0.29) is 36.8 Å². The van der Waals surface area contributed by atoms with Gasteiger partial charge >= 0.3 is 0 Å². The summed E-state index contributed by atoms with van der Waals surface area (Å²) in [5, 5.41) is 11.5. The molecule has 0 radical (unpaired) electrons. The zero-order valence-electron chi connectivity index (χ0n) is 14.5. The van der Waals surface area contributed by atoms with Crippen LogP contribution in [0.5, 0.6) is 0 Å². The van der Waals surface area contributed by atoms with E-state index in [1.165, 1.54) is 0 Å². The number of H-pyrrole nitrogens is 1. The Hall–Kier alpha value is -1.67. The van der Waals surface area contributed by atoms with Gasteiger partial charge in [-0.15, -0.1) is 36.2 Å². The van der Waals surface area contributed by atoms with Gasteiger partial charge in [0.05, 0.1) is 16.3 Å². The fraction of sp³-hybridized carbons (Fsp3) is 0.353. The molecule has 1 atom stereocenters. The van der Waals surface area contributed by atoms with Crippen LogP contribution in [0.4, 0.5) is 0 Å². The third-order valence-corrected chi connectivity index (χ3v) is 5.78. The van der Waals surface area contributed by atoms with Gasteiger partial charge in [-0.05, 0) is 19.1 Å². The highest BCUT2D eigenvalue weighted by molar-refractivity contribution is 7.18. The molecule has 1 aliphatic heterocycles. The molecule has 1 unspecified atom stereocenters. The van der Waals surface area contributed by atoms with Gasteiger partial charge in [0.2, 0.25) is 0 Å². The first-order valence-corrected chi connectivity index (χ1v) is 8.86. The van der Waals surface area contributed by atoms with Crippen LogP contribution in [0.25, 0.3) is 10.2 Å². The molecule has 0 aliphatic carbocycles. The minimum atomic E-state index is -0.0983. The van der Waals surface area contributed by atoms with E-state index in [4.69, 9.17) is 0 Å². The number of nitrogens with one attached hydrogen (secondary N) is 2. The summed E-state index contributed by atoms with van der Waals surface area (Å²) in [7, 11) is 1.82. The summed E-state index contributed by atoms with van der Waals surface area (Å²) in [6, 6.07) is 7.94. The molecule has 2 N–H and O–H groups in total. The van der Waals surface area contributed by atoms with E-state index in [2.05, 4.69) is 26.6 Å². The summed E-state index contributed by atoms with van der Waals surface area (Å²) in [6.07, 6.45) is 0.882. The molecule has 26 heavy (non-hydrogen) atoms. The maximum Gasteiger partial charge on any atom is 0.275 e. The van der Waals surface area contributed by atoms with Gasteiger partial charge in [-0.3, -0.25) is 9.89 Å². The van der Waals surface area contributed by atoms with Crippen LogP contribution < -0.4 is 5.32 Å². The summed E-state index contributed by atoms with van der Waals surface area (Å²) >= 11 is 1.63. The summed E-state index contributed by atoms with van der Waals surface area (Å²) < 4.78 is 1.14. The summed E-state index contributed by atoms with van der Waals surface area (Å²) in [6.45, 7) is 3.62. The molecule has 3 aromatic rings. The van der Waals surface area contributed by atoms with Crippen molar-refractivity contribution in [1.82, 2.24) is 25.4 Å². The lowest BCUT2D eigenvalue weighted by atomic mass is 10.1. The van der Waals surface area contributed by atoms with Gasteiger partial charge in [-0.1, -0.05) is 12.1 Å². The van der Waals surface area contributed by atoms with Gasteiger partial charge < -0.3 is 10.2 Å². The lowest BCUT2D eigenvalue weighted by molar-refractivity contribution is 0.0735. The highest BCUT2D eigenvalue weighted by Gasteiger charge is 2.27. The van der Waals surface area contributed by atoms with Crippen LogP contribution in [0.15, 0.2) is 24.3 Å². The van der Waals surface area contributed by atoms with Crippen LogP contribution in [-0.4, -0.2) is 39.6 Å². The van der Waals surface area contributed by atoms with E-state index in [0.717, 1.165) is 39.4 Å². The van der Waals surface area contributed by atoms with Crippen molar-refractivity contribution in [3.05, 3.63) is 46.2 Å². The van der Waals surface area contributed by atoms with Gasteiger partial charge in [0, 0.05) is 37.8 Å². The number of nitrogens with zero attached hydrogens (tertiary/aromatic N) is 3. The third-order valence-electron chi connectivity index (χ3n) is 4.58. The first-order valence-electron chi connectivity index (χ1n) is 8.04. The number of rotatable bonds is 3. The normalized spacial score (nSPS) is 14.1. The average Bonchev–Trinajstić information content (AvgIpc) is 3.23. The molecule has 0 bridgehead atoms. The molecule has 3 heterocycles. The largest absolute Gasteiger partial charge is 0.331 e. The Labute approximate surface area is 168 Å². The number of carbonyl (C=O) groups is 1. The number of hydrogen-bond donors (Lipinski definition) is 2. The van der Waals surface area contributed by atoms with E-state index in [9.17, 15) is 4.79 Å². The van der Waals surface area contributed by atoms with Crippen molar-refractivity contribution in [2.24, 2.45) is 0 Å². The van der Waals surface area contributed by atoms with Gasteiger partial charge in [0.15, 0.2) is 5.69 Å². The first-order chi connectivity index (χ1) is 11.6. The fourth-order valence-electron chi connectivity index (χ4n) is 2.98.